The Kier molecular flexibility index (Phi) is 5.38. The number of H-pyrrole nitrogens is 1. The van der Waals surface area contributed by atoms with E-state index in [1.54, 1.807) is 7.11 Å². The van der Waals surface area contributed by atoms with Crippen molar-refractivity contribution in [3.8, 4) is 17.0 Å². The fourth-order valence-electron chi connectivity index (χ4n) is 3.48. The maximum absolute atomic E-state index is 12.8. The maximum atomic E-state index is 12.8. The Morgan fingerprint density at radius 2 is 2.04 bits per heavy atom. The number of methoxy groups -OCH3 is 1. The zero-order valence-electron chi connectivity index (χ0n) is 15.2. The van der Waals surface area contributed by atoms with Gasteiger partial charge in [-0.2, -0.15) is 5.10 Å². The zero-order chi connectivity index (χ0) is 17.8. The van der Waals surface area contributed by atoms with Gasteiger partial charge in [-0.25, -0.2) is 0 Å². The van der Waals surface area contributed by atoms with E-state index in [0.29, 0.717) is 11.7 Å². The molecule has 134 valence electrons. The summed E-state index contributed by atoms with van der Waals surface area (Å²) in [4.78, 5) is 17.1. The van der Waals surface area contributed by atoms with E-state index in [1.165, 1.54) is 0 Å². The second-order valence-electron chi connectivity index (χ2n) is 6.31. The highest BCUT2D eigenvalue weighted by molar-refractivity contribution is 5.93. The van der Waals surface area contributed by atoms with Crippen LogP contribution in [-0.2, 0) is 0 Å². The lowest BCUT2D eigenvalue weighted by atomic mass is 10.1. The molecule has 6 nitrogen and oxygen atoms in total. The summed E-state index contributed by atoms with van der Waals surface area (Å²) in [5.74, 6) is 0.831. The smallest absolute Gasteiger partial charge is 0.271 e. The van der Waals surface area contributed by atoms with Crippen molar-refractivity contribution in [2.45, 2.75) is 26.3 Å². The molecule has 0 radical (unpaired) electrons. The molecule has 2 aromatic rings. The molecule has 1 aromatic heterocycles. The third kappa shape index (κ3) is 3.69. The number of aromatic amines is 1. The molecule has 1 saturated heterocycles. The first kappa shape index (κ1) is 17.5. The normalized spacial score (nSPS) is 17.3. The lowest BCUT2D eigenvalue weighted by molar-refractivity contribution is 0.0772. The Hall–Kier alpha value is -2.34. The van der Waals surface area contributed by atoms with Gasteiger partial charge in [0.25, 0.3) is 5.91 Å². The number of likely N-dealkylation sites (tertiary alicyclic amines) is 1. The zero-order valence-corrected chi connectivity index (χ0v) is 15.2. The largest absolute Gasteiger partial charge is 0.497 e. The minimum absolute atomic E-state index is 0.0296. The molecule has 1 atom stereocenters. The van der Waals surface area contributed by atoms with Crippen LogP contribution < -0.4 is 4.74 Å². The first-order valence-corrected chi connectivity index (χ1v) is 8.89. The second-order valence-corrected chi connectivity index (χ2v) is 6.31. The van der Waals surface area contributed by atoms with E-state index in [2.05, 4.69) is 28.9 Å². The Balaban J connectivity index is 1.68. The van der Waals surface area contributed by atoms with Crippen LogP contribution in [0.1, 0.15) is 30.8 Å². The van der Waals surface area contributed by atoms with Gasteiger partial charge in [0.05, 0.1) is 12.8 Å². The minimum Gasteiger partial charge on any atom is -0.497 e. The highest BCUT2D eigenvalue weighted by Gasteiger charge is 2.30. The van der Waals surface area contributed by atoms with E-state index in [0.717, 1.165) is 49.6 Å². The lowest BCUT2D eigenvalue weighted by Gasteiger charge is -2.25. The first-order valence-electron chi connectivity index (χ1n) is 8.89. The van der Waals surface area contributed by atoms with Crippen molar-refractivity contribution in [1.82, 2.24) is 20.0 Å². The van der Waals surface area contributed by atoms with E-state index in [4.69, 9.17) is 4.74 Å². The van der Waals surface area contributed by atoms with Gasteiger partial charge in [0, 0.05) is 24.7 Å². The van der Waals surface area contributed by atoms with Crippen molar-refractivity contribution in [2.75, 3.05) is 33.3 Å². The molecule has 25 heavy (non-hydrogen) atoms. The number of nitrogens with one attached hydrogen (secondary N) is 1. The molecule has 0 spiro atoms. The Labute approximate surface area is 148 Å². The third-order valence-electron chi connectivity index (χ3n) is 4.97. The topological polar surface area (TPSA) is 61.5 Å². The van der Waals surface area contributed by atoms with Gasteiger partial charge in [-0.15, -0.1) is 0 Å². The van der Waals surface area contributed by atoms with Gasteiger partial charge in [0.2, 0.25) is 0 Å². The molecular weight excluding hydrogens is 316 g/mol. The Morgan fingerprint density at radius 1 is 1.32 bits per heavy atom. The van der Waals surface area contributed by atoms with Gasteiger partial charge >= 0.3 is 0 Å². The average molecular weight is 342 g/mol. The van der Waals surface area contributed by atoms with E-state index < -0.39 is 0 Å². The molecule has 1 aliphatic heterocycles. The van der Waals surface area contributed by atoms with Gasteiger partial charge < -0.3 is 9.64 Å². The third-order valence-corrected chi connectivity index (χ3v) is 4.97. The molecular formula is C19H26N4O2. The molecule has 3 rings (SSSR count). The van der Waals surface area contributed by atoms with Gasteiger partial charge in [-0.3, -0.25) is 14.8 Å². The van der Waals surface area contributed by atoms with Crippen molar-refractivity contribution in [1.29, 1.82) is 0 Å². The molecule has 0 unspecified atom stereocenters. The first-order chi connectivity index (χ1) is 12.2. The summed E-state index contributed by atoms with van der Waals surface area (Å²) in [5, 5.41) is 7.19. The van der Waals surface area contributed by atoms with E-state index in [-0.39, 0.29) is 5.91 Å². The van der Waals surface area contributed by atoms with Crippen LogP contribution in [0.5, 0.6) is 5.75 Å². The number of benzene rings is 1. The van der Waals surface area contributed by atoms with E-state index >= 15 is 0 Å². The van der Waals surface area contributed by atoms with Gasteiger partial charge in [0.15, 0.2) is 0 Å². The second kappa shape index (κ2) is 7.70. The SMILES string of the molecule is CCN(CC)[C@H]1CCN(C(=O)c2cc(-c3ccc(OC)cc3)n[nH]2)C1. The number of carbonyl (C=O) groups excluding carboxylic acids is 1. The van der Waals surface area contributed by atoms with Crippen LogP contribution >= 0.6 is 0 Å². The summed E-state index contributed by atoms with van der Waals surface area (Å²) >= 11 is 0. The summed E-state index contributed by atoms with van der Waals surface area (Å²) in [6.07, 6.45) is 1.03. The highest BCUT2D eigenvalue weighted by atomic mass is 16.5. The fourth-order valence-corrected chi connectivity index (χ4v) is 3.48. The number of hydrogen-bond donors (Lipinski definition) is 1. The summed E-state index contributed by atoms with van der Waals surface area (Å²) < 4.78 is 5.17. The number of ether oxygens (including phenoxy) is 1. The summed E-state index contributed by atoms with van der Waals surface area (Å²) in [6.45, 7) is 7.98. The molecule has 0 bridgehead atoms. The van der Waals surface area contributed by atoms with Crippen molar-refractivity contribution >= 4 is 5.91 Å². The van der Waals surface area contributed by atoms with Crippen LogP contribution in [0.3, 0.4) is 0 Å². The number of hydrogen-bond acceptors (Lipinski definition) is 4. The fraction of sp³-hybridized carbons (Fsp3) is 0.474. The Morgan fingerprint density at radius 3 is 2.68 bits per heavy atom. The molecule has 1 fully saturated rings. The van der Waals surface area contributed by atoms with Crippen molar-refractivity contribution in [3.05, 3.63) is 36.0 Å². The molecule has 0 aliphatic carbocycles. The predicted molar refractivity (Wildman–Crippen MR) is 97.8 cm³/mol. The number of nitrogens with zero attached hydrogens (tertiary/aromatic N) is 3. The molecule has 1 N–H and O–H groups in total. The number of rotatable bonds is 6. The molecule has 2 heterocycles. The maximum Gasteiger partial charge on any atom is 0.271 e. The van der Waals surface area contributed by atoms with Crippen molar-refractivity contribution in [3.63, 3.8) is 0 Å². The molecule has 1 amide bonds. The van der Waals surface area contributed by atoms with Crippen LogP contribution in [0.15, 0.2) is 30.3 Å². The van der Waals surface area contributed by atoms with Crippen LogP contribution in [-0.4, -0.2) is 65.2 Å². The van der Waals surface area contributed by atoms with Crippen LogP contribution in [0.25, 0.3) is 11.3 Å². The van der Waals surface area contributed by atoms with Gasteiger partial charge in [-0.05, 0) is 49.8 Å². The van der Waals surface area contributed by atoms with Gasteiger partial charge in [0.1, 0.15) is 11.4 Å². The monoisotopic (exact) mass is 342 g/mol. The number of amides is 1. The minimum atomic E-state index is 0.0296. The number of likely N-dealkylation sites (N-methyl/N-ethyl adjacent to an activating group) is 1. The molecule has 1 aliphatic rings. The van der Waals surface area contributed by atoms with Crippen LogP contribution in [0.4, 0.5) is 0 Å². The number of carbonyl (C=O) groups is 1. The average Bonchev–Trinajstić information content (AvgIpc) is 3.32. The standard InChI is InChI=1S/C19H26N4O2/c1-4-22(5-2)15-10-11-23(13-15)19(24)18-12-17(20-21-18)14-6-8-16(25-3)9-7-14/h6-9,12,15H,4-5,10-11,13H2,1-3H3,(H,20,21)/t15-/m0/s1. The van der Waals surface area contributed by atoms with E-state index in [9.17, 15) is 4.79 Å². The Bertz CT molecular complexity index is 706. The molecule has 6 heteroatoms. The van der Waals surface area contributed by atoms with Crippen LogP contribution in [0.2, 0.25) is 0 Å². The quantitative estimate of drug-likeness (QED) is 0.877. The van der Waals surface area contributed by atoms with Crippen molar-refractivity contribution < 1.29 is 9.53 Å². The lowest BCUT2D eigenvalue weighted by Crippen LogP contribution is -2.38. The summed E-state index contributed by atoms with van der Waals surface area (Å²) in [5.41, 5.74) is 2.27. The number of aromatic nitrogens is 2. The molecule has 1 aromatic carbocycles. The molecule has 0 saturated carbocycles. The summed E-state index contributed by atoms with van der Waals surface area (Å²) in [7, 11) is 1.64. The van der Waals surface area contributed by atoms with Crippen molar-refractivity contribution in [2.24, 2.45) is 0 Å². The van der Waals surface area contributed by atoms with Gasteiger partial charge in [-0.1, -0.05) is 13.8 Å². The van der Waals surface area contributed by atoms with Crippen LogP contribution in [0, 0.1) is 0 Å². The predicted octanol–water partition coefficient (Wildman–Crippen LogP) is 2.64. The highest BCUT2D eigenvalue weighted by Crippen LogP contribution is 2.23. The van der Waals surface area contributed by atoms with E-state index in [1.807, 2.05) is 35.2 Å². The summed E-state index contributed by atoms with van der Waals surface area (Å²) in [6, 6.07) is 9.95.